The van der Waals surface area contributed by atoms with Crippen LogP contribution >= 0.6 is 0 Å². The second kappa shape index (κ2) is 11.2. The summed E-state index contributed by atoms with van der Waals surface area (Å²) in [4.78, 5) is 10.3. The zero-order valence-corrected chi connectivity index (χ0v) is 13.7. The molecule has 124 valence electrons. The van der Waals surface area contributed by atoms with E-state index in [4.69, 9.17) is 5.11 Å². The highest BCUT2D eigenvalue weighted by Crippen LogP contribution is 2.13. The van der Waals surface area contributed by atoms with Gasteiger partial charge in [0.05, 0.1) is 0 Å². The molecule has 0 saturated heterocycles. The molecule has 0 amide bonds. The van der Waals surface area contributed by atoms with Crippen molar-refractivity contribution in [2.24, 2.45) is 0 Å². The topological polar surface area (TPSA) is 63.4 Å². The maximum atomic E-state index is 10.7. The zero-order chi connectivity index (χ0) is 16.2. The van der Waals surface area contributed by atoms with Gasteiger partial charge in [-0.05, 0) is 30.4 Å². The molecule has 1 rings (SSSR count). The lowest BCUT2D eigenvalue weighted by Crippen LogP contribution is -2.24. The van der Waals surface area contributed by atoms with Crippen LogP contribution in [-0.4, -0.2) is 22.7 Å². The Kier molecular flexibility index (Phi) is 9.47. The van der Waals surface area contributed by atoms with E-state index in [1.54, 1.807) is 0 Å². The lowest BCUT2D eigenvalue weighted by Gasteiger charge is -2.07. The van der Waals surface area contributed by atoms with Crippen molar-refractivity contribution in [2.75, 3.05) is 6.61 Å². The fourth-order valence-electron chi connectivity index (χ4n) is 2.58. The van der Waals surface area contributed by atoms with Gasteiger partial charge in [0.2, 0.25) is 6.04 Å². The third kappa shape index (κ3) is 7.55. The highest BCUT2D eigenvalue weighted by atomic mass is 16.6. The van der Waals surface area contributed by atoms with Gasteiger partial charge in [0, 0.05) is 11.3 Å². The molecule has 1 atom stereocenters. The van der Waals surface area contributed by atoms with Crippen LogP contribution in [0.5, 0.6) is 0 Å². The van der Waals surface area contributed by atoms with Crippen LogP contribution in [0, 0.1) is 10.1 Å². The van der Waals surface area contributed by atoms with E-state index < -0.39 is 11.0 Å². The minimum Gasteiger partial charge on any atom is -0.389 e. The van der Waals surface area contributed by atoms with Crippen molar-refractivity contribution >= 4 is 0 Å². The number of rotatable bonds is 12. The monoisotopic (exact) mass is 307 g/mol. The second-order valence-electron chi connectivity index (χ2n) is 5.99. The van der Waals surface area contributed by atoms with Crippen LogP contribution in [-0.2, 0) is 12.8 Å². The minimum absolute atomic E-state index is 0.386. The van der Waals surface area contributed by atoms with Crippen molar-refractivity contribution in [1.82, 2.24) is 0 Å². The summed E-state index contributed by atoms with van der Waals surface area (Å²) < 4.78 is 0. The number of aliphatic hydroxyl groups excluding tert-OH is 1. The van der Waals surface area contributed by atoms with Crippen molar-refractivity contribution in [1.29, 1.82) is 0 Å². The summed E-state index contributed by atoms with van der Waals surface area (Å²) in [5.74, 6) is 0. The summed E-state index contributed by atoms with van der Waals surface area (Å²) in [6, 6.07) is 7.52. The predicted molar refractivity (Wildman–Crippen MR) is 89.7 cm³/mol. The number of hydrogen-bond acceptors (Lipinski definition) is 3. The van der Waals surface area contributed by atoms with Gasteiger partial charge in [-0.1, -0.05) is 63.3 Å². The molecular formula is C18H29NO3. The highest BCUT2D eigenvalue weighted by Gasteiger charge is 2.17. The number of nitrogens with zero attached hydrogens (tertiary/aromatic N) is 1. The molecule has 0 aliphatic heterocycles. The van der Waals surface area contributed by atoms with Crippen molar-refractivity contribution in [2.45, 2.75) is 70.8 Å². The summed E-state index contributed by atoms with van der Waals surface area (Å²) >= 11 is 0. The number of hydrogen-bond donors (Lipinski definition) is 1. The van der Waals surface area contributed by atoms with Gasteiger partial charge in [0.1, 0.15) is 6.61 Å². The molecule has 0 aliphatic rings. The molecule has 1 unspecified atom stereocenters. The number of nitro groups is 1. The first-order valence-corrected chi connectivity index (χ1v) is 8.49. The third-order valence-electron chi connectivity index (χ3n) is 4.12. The van der Waals surface area contributed by atoms with Crippen molar-refractivity contribution in [3.8, 4) is 0 Å². The van der Waals surface area contributed by atoms with Gasteiger partial charge in [-0.15, -0.1) is 0 Å². The molecule has 0 bridgehead atoms. The molecule has 1 aromatic rings. The Morgan fingerprint density at radius 3 is 2.09 bits per heavy atom. The number of unbranched alkanes of at least 4 members (excludes halogenated alkanes) is 5. The van der Waals surface area contributed by atoms with Crippen LogP contribution in [0.3, 0.4) is 0 Å². The van der Waals surface area contributed by atoms with Gasteiger partial charge in [0.25, 0.3) is 0 Å². The van der Waals surface area contributed by atoms with E-state index >= 15 is 0 Å². The summed E-state index contributed by atoms with van der Waals surface area (Å²) in [6.07, 6.45) is 9.97. The van der Waals surface area contributed by atoms with Gasteiger partial charge in [-0.25, -0.2) is 0 Å². The van der Waals surface area contributed by atoms with E-state index in [-0.39, 0.29) is 6.61 Å². The lowest BCUT2D eigenvalue weighted by molar-refractivity contribution is -0.526. The first kappa shape index (κ1) is 18.6. The zero-order valence-electron chi connectivity index (χ0n) is 13.7. The van der Waals surface area contributed by atoms with Crippen LogP contribution < -0.4 is 0 Å². The van der Waals surface area contributed by atoms with Crippen LogP contribution in [0.2, 0.25) is 0 Å². The van der Waals surface area contributed by atoms with Crippen molar-refractivity contribution in [3.63, 3.8) is 0 Å². The molecule has 0 fully saturated rings. The quantitative estimate of drug-likeness (QED) is 0.358. The molecule has 1 aromatic carbocycles. The Morgan fingerprint density at radius 2 is 1.55 bits per heavy atom. The average molecular weight is 307 g/mol. The maximum Gasteiger partial charge on any atom is 0.236 e. The third-order valence-corrected chi connectivity index (χ3v) is 4.12. The van der Waals surface area contributed by atoms with Gasteiger partial charge in [0.15, 0.2) is 0 Å². The predicted octanol–water partition coefficient (Wildman–Crippen LogP) is 4.16. The molecule has 1 N–H and O–H groups in total. The summed E-state index contributed by atoms with van der Waals surface area (Å²) in [7, 11) is 0. The molecular weight excluding hydrogens is 278 g/mol. The molecule has 0 radical (unpaired) electrons. The Bertz CT molecular complexity index is 417. The Morgan fingerprint density at radius 1 is 1.00 bits per heavy atom. The SMILES string of the molecule is CCCCCCCCc1ccc(CCC(CO)[N+](=O)[O-])cc1. The Hall–Kier alpha value is -1.42. The molecule has 0 aromatic heterocycles. The van der Waals surface area contributed by atoms with Crippen LogP contribution in [0.4, 0.5) is 0 Å². The largest absolute Gasteiger partial charge is 0.389 e. The average Bonchev–Trinajstić information content (AvgIpc) is 2.52. The molecule has 0 saturated carbocycles. The highest BCUT2D eigenvalue weighted by molar-refractivity contribution is 5.22. The molecule has 0 spiro atoms. The fraction of sp³-hybridized carbons (Fsp3) is 0.667. The first-order chi connectivity index (χ1) is 10.7. The van der Waals surface area contributed by atoms with E-state index in [1.165, 1.54) is 44.1 Å². The van der Waals surface area contributed by atoms with E-state index in [1.807, 2.05) is 0 Å². The summed E-state index contributed by atoms with van der Waals surface area (Å²) in [5, 5.41) is 19.6. The standard InChI is InChI=1S/C18H29NO3/c1-2-3-4-5-6-7-8-16-9-11-17(12-10-16)13-14-18(15-20)19(21)22/h9-12,18,20H,2-8,13-15H2,1H3. The van der Waals surface area contributed by atoms with E-state index in [0.29, 0.717) is 12.8 Å². The first-order valence-electron chi connectivity index (χ1n) is 8.49. The van der Waals surface area contributed by atoms with Crippen LogP contribution in [0.15, 0.2) is 24.3 Å². The second-order valence-corrected chi connectivity index (χ2v) is 5.99. The Labute approximate surface area is 133 Å². The van der Waals surface area contributed by atoms with Gasteiger partial charge in [-0.2, -0.15) is 0 Å². The van der Waals surface area contributed by atoms with Gasteiger partial charge < -0.3 is 5.11 Å². The number of aryl methyl sites for hydroxylation is 2. The molecule has 0 aliphatic carbocycles. The fourth-order valence-corrected chi connectivity index (χ4v) is 2.58. The normalized spacial score (nSPS) is 12.3. The summed E-state index contributed by atoms with van der Waals surface area (Å²) in [5.41, 5.74) is 2.44. The van der Waals surface area contributed by atoms with E-state index in [9.17, 15) is 10.1 Å². The molecule has 4 heteroatoms. The number of aliphatic hydroxyl groups is 1. The maximum absolute atomic E-state index is 10.7. The van der Waals surface area contributed by atoms with E-state index in [0.717, 1.165) is 12.0 Å². The van der Waals surface area contributed by atoms with Crippen molar-refractivity contribution in [3.05, 3.63) is 45.5 Å². The Balaban J connectivity index is 2.26. The van der Waals surface area contributed by atoms with Crippen LogP contribution in [0.25, 0.3) is 0 Å². The smallest absolute Gasteiger partial charge is 0.236 e. The van der Waals surface area contributed by atoms with Gasteiger partial charge >= 0.3 is 0 Å². The molecule has 22 heavy (non-hydrogen) atoms. The molecule has 0 heterocycles. The van der Waals surface area contributed by atoms with Gasteiger partial charge in [-0.3, -0.25) is 10.1 Å². The minimum atomic E-state index is -0.845. The van der Waals surface area contributed by atoms with E-state index in [2.05, 4.69) is 31.2 Å². The van der Waals surface area contributed by atoms with Crippen LogP contribution in [0.1, 0.15) is 63.0 Å². The molecule has 4 nitrogen and oxygen atoms in total. The lowest BCUT2D eigenvalue weighted by atomic mass is 10.0. The number of benzene rings is 1. The van der Waals surface area contributed by atoms with Crippen molar-refractivity contribution < 1.29 is 10.0 Å². The summed E-state index contributed by atoms with van der Waals surface area (Å²) in [6.45, 7) is 1.85.